The van der Waals surface area contributed by atoms with Crippen molar-refractivity contribution in [2.75, 3.05) is 14.1 Å². The Labute approximate surface area is 146 Å². The third-order valence-corrected chi connectivity index (χ3v) is 3.78. The standard InChI is InChI=1S/C14H26O4.C4H11NO/c15-13(16)11-9-7-5-3-1-2-4-6-8-10-12-14(17)18;1-4(6)5(2)3/h1-12H2,(H,15,16)(H,17,18);4,6H,1-3H3. The number of aliphatic hydroxyl groups is 1. The van der Waals surface area contributed by atoms with Gasteiger partial charge in [0.05, 0.1) is 0 Å². The van der Waals surface area contributed by atoms with Crippen molar-refractivity contribution in [1.82, 2.24) is 4.90 Å². The molecular formula is C18H37NO5. The average molecular weight is 347 g/mol. The van der Waals surface area contributed by atoms with Crippen LogP contribution in [0.5, 0.6) is 0 Å². The quantitative estimate of drug-likeness (QED) is 0.327. The normalized spacial score (nSPS) is 11.7. The fourth-order valence-corrected chi connectivity index (χ4v) is 1.97. The lowest BCUT2D eigenvalue weighted by Crippen LogP contribution is -2.23. The van der Waals surface area contributed by atoms with E-state index >= 15 is 0 Å². The number of nitrogens with zero attached hydrogens (tertiary/aromatic N) is 1. The number of carboxylic acids is 2. The van der Waals surface area contributed by atoms with Crippen LogP contribution in [0.25, 0.3) is 0 Å². The lowest BCUT2D eigenvalue weighted by Gasteiger charge is -2.11. The summed E-state index contributed by atoms with van der Waals surface area (Å²) in [7, 11) is 3.65. The Balaban J connectivity index is 0. The van der Waals surface area contributed by atoms with Crippen molar-refractivity contribution in [3.05, 3.63) is 0 Å². The molecule has 0 radical (unpaired) electrons. The van der Waals surface area contributed by atoms with E-state index in [0.717, 1.165) is 38.5 Å². The minimum absolute atomic E-state index is 0.295. The van der Waals surface area contributed by atoms with E-state index in [4.69, 9.17) is 15.3 Å². The molecule has 144 valence electrons. The fraction of sp³-hybridized carbons (Fsp3) is 0.889. The zero-order valence-electron chi connectivity index (χ0n) is 15.7. The maximum Gasteiger partial charge on any atom is 0.303 e. The lowest BCUT2D eigenvalue weighted by molar-refractivity contribution is -0.138. The molecule has 6 heteroatoms. The third-order valence-electron chi connectivity index (χ3n) is 3.78. The highest BCUT2D eigenvalue weighted by Gasteiger charge is 1.98. The second kappa shape index (κ2) is 18.2. The van der Waals surface area contributed by atoms with Crippen LogP contribution in [-0.2, 0) is 9.59 Å². The summed E-state index contributed by atoms with van der Waals surface area (Å²) >= 11 is 0. The first-order chi connectivity index (χ1) is 11.3. The molecule has 0 heterocycles. The van der Waals surface area contributed by atoms with E-state index in [1.165, 1.54) is 25.7 Å². The summed E-state index contributed by atoms with van der Waals surface area (Å²) in [6, 6.07) is 0. The van der Waals surface area contributed by atoms with Crippen molar-refractivity contribution in [3.8, 4) is 0 Å². The summed E-state index contributed by atoms with van der Waals surface area (Å²) < 4.78 is 0. The molecule has 3 N–H and O–H groups in total. The summed E-state index contributed by atoms with van der Waals surface area (Å²) in [5.74, 6) is -1.40. The number of unbranched alkanes of at least 4 members (excludes halogenated alkanes) is 9. The van der Waals surface area contributed by atoms with Crippen LogP contribution < -0.4 is 0 Å². The van der Waals surface area contributed by atoms with Gasteiger partial charge in [-0.1, -0.05) is 51.4 Å². The van der Waals surface area contributed by atoms with E-state index in [2.05, 4.69) is 0 Å². The first kappa shape index (κ1) is 25.1. The molecule has 0 rings (SSSR count). The van der Waals surface area contributed by atoms with Gasteiger partial charge in [-0.15, -0.1) is 0 Å². The molecule has 0 aromatic heterocycles. The number of aliphatic hydroxyl groups excluding tert-OH is 1. The van der Waals surface area contributed by atoms with Crippen LogP contribution in [0.1, 0.15) is 84.0 Å². The van der Waals surface area contributed by atoms with Gasteiger partial charge in [-0.2, -0.15) is 0 Å². The summed E-state index contributed by atoms with van der Waals surface area (Å²) in [5, 5.41) is 25.5. The van der Waals surface area contributed by atoms with Crippen LogP contribution in [0.2, 0.25) is 0 Å². The Morgan fingerprint density at radius 1 is 0.708 bits per heavy atom. The van der Waals surface area contributed by atoms with Crippen LogP contribution >= 0.6 is 0 Å². The van der Waals surface area contributed by atoms with Gasteiger partial charge in [-0.25, -0.2) is 0 Å². The van der Waals surface area contributed by atoms with Gasteiger partial charge in [0.25, 0.3) is 0 Å². The SMILES string of the molecule is CC(O)N(C)C.O=C(O)CCCCCCCCCCCCC(=O)O. The molecule has 0 bridgehead atoms. The zero-order valence-corrected chi connectivity index (χ0v) is 15.7. The maximum atomic E-state index is 10.3. The third kappa shape index (κ3) is 25.8. The number of aliphatic carboxylic acids is 2. The minimum Gasteiger partial charge on any atom is -0.481 e. The molecule has 0 amide bonds. The number of carboxylic acid groups (broad SMARTS) is 2. The predicted octanol–water partition coefficient (Wildman–Crippen LogP) is 3.72. The molecule has 0 saturated heterocycles. The molecule has 0 aromatic carbocycles. The Hall–Kier alpha value is -1.14. The van der Waals surface area contributed by atoms with Crippen molar-refractivity contribution in [3.63, 3.8) is 0 Å². The van der Waals surface area contributed by atoms with E-state index in [0.29, 0.717) is 12.8 Å². The highest BCUT2D eigenvalue weighted by molar-refractivity contribution is 5.66. The van der Waals surface area contributed by atoms with Gasteiger partial charge >= 0.3 is 11.9 Å². The monoisotopic (exact) mass is 347 g/mol. The van der Waals surface area contributed by atoms with Crippen LogP contribution in [0.3, 0.4) is 0 Å². The number of rotatable bonds is 14. The molecule has 0 fully saturated rings. The van der Waals surface area contributed by atoms with Crippen LogP contribution in [-0.4, -0.2) is 52.5 Å². The molecule has 0 aliphatic rings. The van der Waals surface area contributed by atoms with Gasteiger partial charge < -0.3 is 15.3 Å². The Kier molecular flexibility index (Phi) is 19.0. The molecule has 0 aliphatic carbocycles. The van der Waals surface area contributed by atoms with Crippen LogP contribution in [0.15, 0.2) is 0 Å². The molecule has 0 aliphatic heterocycles. The van der Waals surface area contributed by atoms with E-state index in [1.807, 2.05) is 14.1 Å². The van der Waals surface area contributed by atoms with E-state index in [9.17, 15) is 9.59 Å². The molecule has 24 heavy (non-hydrogen) atoms. The molecular weight excluding hydrogens is 310 g/mol. The molecule has 0 saturated carbocycles. The van der Waals surface area contributed by atoms with Crippen LogP contribution in [0.4, 0.5) is 0 Å². The predicted molar refractivity (Wildman–Crippen MR) is 96.0 cm³/mol. The Morgan fingerprint density at radius 2 is 0.917 bits per heavy atom. The minimum atomic E-state index is -0.698. The topological polar surface area (TPSA) is 98.1 Å². The van der Waals surface area contributed by atoms with Gasteiger partial charge in [-0.05, 0) is 33.9 Å². The van der Waals surface area contributed by atoms with Crippen molar-refractivity contribution in [1.29, 1.82) is 0 Å². The average Bonchev–Trinajstić information content (AvgIpc) is 2.48. The summed E-state index contributed by atoms with van der Waals surface area (Å²) in [6.07, 6.45) is 11.0. The van der Waals surface area contributed by atoms with Crippen LogP contribution in [0, 0.1) is 0 Å². The molecule has 1 unspecified atom stereocenters. The van der Waals surface area contributed by atoms with Gasteiger partial charge in [-0.3, -0.25) is 14.5 Å². The van der Waals surface area contributed by atoms with Crippen molar-refractivity contribution >= 4 is 11.9 Å². The highest BCUT2D eigenvalue weighted by atomic mass is 16.4. The van der Waals surface area contributed by atoms with Crippen molar-refractivity contribution in [2.45, 2.75) is 90.2 Å². The first-order valence-corrected chi connectivity index (χ1v) is 9.05. The van der Waals surface area contributed by atoms with E-state index in [-0.39, 0.29) is 6.23 Å². The zero-order chi connectivity index (χ0) is 18.8. The number of hydrogen-bond acceptors (Lipinski definition) is 4. The molecule has 6 nitrogen and oxygen atoms in total. The van der Waals surface area contributed by atoms with Gasteiger partial charge in [0.1, 0.15) is 6.23 Å². The highest BCUT2D eigenvalue weighted by Crippen LogP contribution is 2.11. The Bertz CT molecular complexity index is 276. The smallest absolute Gasteiger partial charge is 0.303 e. The largest absolute Gasteiger partial charge is 0.481 e. The lowest BCUT2D eigenvalue weighted by atomic mass is 10.1. The molecule has 1 atom stereocenters. The first-order valence-electron chi connectivity index (χ1n) is 9.05. The summed E-state index contributed by atoms with van der Waals surface area (Å²) in [6.45, 7) is 1.72. The van der Waals surface area contributed by atoms with Crippen molar-refractivity contribution in [2.24, 2.45) is 0 Å². The van der Waals surface area contributed by atoms with E-state index < -0.39 is 11.9 Å². The second-order valence-electron chi connectivity index (χ2n) is 6.42. The summed E-state index contributed by atoms with van der Waals surface area (Å²) in [4.78, 5) is 22.3. The maximum absolute atomic E-state index is 10.3. The number of hydrogen-bond donors (Lipinski definition) is 3. The van der Waals surface area contributed by atoms with Gasteiger partial charge in [0.15, 0.2) is 0 Å². The van der Waals surface area contributed by atoms with Gasteiger partial charge in [0.2, 0.25) is 0 Å². The summed E-state index contributed by atoms with van der Waals surface area (Å²) in [5.41, 5.74) is 0. The molecule has 0 aromatic rings. The molecule has 0 spiro atoms. The van der Waals surface area contributed by atoms with E-state index in [1.54, 1.807) is 11.8 Å². The van der Waals surface area contributed by atoms with Crippen molar-refractivity contribution < 1.29 is 24.9 Å². The second-order valence-corrected chi connectivity index (χ2v) is 6.42. The number of carbonyl (C=O) groups is 2. The Morgan fingerprint density at radius 3 is 1.08 bits per heavy atom. The fourth-order valence-electron chi connectivity index (χ4n) is 1.97. The van der Waals surface area contributed by atoms with Gasteiger partial charge in [0, 0.05) is 12.8 Å².